The molecule has 5 heteroatoms. The normalized spacial score (nSPS) is 12.0. The lowest BCUT2D eigenvalue weighted by molar-refractivity contribution is -0.126. The molecule has 1 rings (SSSR count). The van der Waals surface area contributed by atoms with Crippen LogP contribution < -0.4 is 10.6 Å². The fraction of sp³-hybridized carbons (Fsp3) is 0.647. The molecule has 1 heterocycles. The van der Waals surface area contributed by atoms with E-state index in [0.717, 1.165) is 24.4 Å². The number of carbonyl (C=O) groups is 2. The van der Waals surface area contributed by atoms with Crippen molar-refractivity contribution in [1.29, 1.82) is 0 Å². The number of hydrogen-bond acceptors (Lipinski definition) is 3. The summed E-state index contributed by atoms with van der Waals surface area (Å²) in [6, 6.07) is 3.86. The van der Waals surface area contributed by atoms with Gasteiger partial charge >= 0.3 is 0 Å². The molecule has 0 unspecified atom stereocenters. The van der Waals surface area contributed by atoms with Gasteiger partial charge in [-0.1, -0.05) is 26.2 Å². The lowest BCUT2D eigenvalue weighted by Gasteiger charge is -2.13. The molecular formula is C17H28N2O3. The molecule has 0 aliphatic carbocycles. The summed E-state index contributed by atoms with van der Waals surface area (Å²) in [6.07, 6.45) is 4.91. The highest BCUT2D eigenvalue weighted by Crippen LogP contribution is 2.06. The number of hydrogen-bond donors (Lipinski definition) is 2. The highest BCUT2D eigenvalue weighted by Gasteiger charge is 2.10. The van der Waals surface area contributed by atoms with Crippen molar-refractivity contribution in [3.05, 3.63) is 23.7 Å². The standard InChI is InChI=1S/C17H28N2O3/c1-4-5-6-7-13(2)19-17(21)11-10-16(20)18-12-15-9-8-14(3)22-15/h8-9,13H,4-7,10-12H2,1-3H3,(H,18,20)(H,19,21)/t13-/m0/s1. The molecule has 0 aliphatic rings. The Morgan fingerprint density at radius 1 is 1.18 bits per heavy atom. The Balaban J connectivity index is 2.13. The molecule has 1 aromatic heterocycles. The molecule has 0 bridgehead atoms. The van der Waals surface area contributed by atoms with E-state index in [0.29, 0.717) is 6.54 Å². The molecule has 2 N–H and O–H groups in total. The van der Waals surface area contributed by atoms with Crippen LogP contribution in [-0.2, 0) is 16.1 Å². The van der Waals surface area contributed by atoms with Crippen LogP contribution in [0.15, 0.2) is 16.5 Å². The topological polar surface area (TPSA) is 71.3 Å². The van der Waals surface area contributed by atoms with E-state index >= 15 is 0 Å². The van der Waals surface area contributed by atoms with E-state index in [1.165, 1.54) is 12.8 Å². The fourth-order valence-corrected chi connectivity index (χ4v) is 2.20. The second-order valence-electron chi connectivity index (χ2n) is 5.75. The van der Waals surface area contributed by atoms with Gasteiger partial charge in [-0.2, -0.15) is 0 Å². The average molecular weight is 308 g/mol. The van der Waals surface area contributed by atoms with Crippen LogP contribution in [-0.4, -0.2) is 17.9 Å². The minimum atomic E-state index is -0.136. The van der Waals surface area contributed by atoms with Gasteiger partial charge in [0.2, 0.25) is 11.8 Å². The van der Waals surface area contributed by atoms with Crippen molar-refractivity contribution in [3.8, 4) is 0 Å². The molecule has 0 saturated heterocycles. The number of aryl methyl sites for hydroxylation is 1. The van der Waals surface area contributed by atoms with Crippen LogP contribution in [0.5, 0.6) is 0 Å². The first-order valence-corrected chi connectivity index (χ1v) is 8.12. The van der Waals surface area contributed by atoms with Crippen molar-refractivity contribution in [2.24, 2.45) is 0 Å². The van der Waals surface area contributed by atoms with Crippen LogP contribution in [0.4, 0.5) is 0 Å². The fourth-order valence-electron chi connectivity index (χ4n) is 2.20. The third kappa shape index (κ3) is 7.86. The molecule has 2 amide bonds. The minimum Gasteiger partial charge on any atom is -0.465 e. The molecule has 22 heavy (non-hydrogen) atoms. The first kappa shape index (κ1) is 18.3. The van der Waals surface area contributed by atoms with E-state index in [-0.39, 0.29) is 30.7 Å². The maximum absolute atomic E-state index is 11.8. The summed E-state index contributed by atoms with van der Waals surface area (Å²) in [5, 5.41) is 5.68. The van der Waals surface area contributed by atoms with Crippen molar-refractivity contribution >= 4 is 11.8 Å². The summed E-state index contributed by atoms with van der Waals surface area (Å²) >= 11 is 0. The Bertz CT molecular complexity index is 468. The maximum atomic E-state index is 11.8. The molecule has 1 atom stereocenters. The van der Waals surface area contributed by atoms with Gasteiger partial charge < -0.3 is 15.1 Å². The highest BCUT2D eigenvalue weighted by atomic mass is 16.3. The monoisotopic (exact) mass is 308 g/mol. The Hall–Kier alpha value is -1.78. The summed E-state index contributed by atoms with van der Waals surface area (Å²) in [6.45, 7) is 6.39. The first-order chi connectivity index (χ1) is 10.5. The van der Waals surface area contributed by atoms with Crippen LogP contribution in [0.2, 0.25) is 0 Å². The second-order valence-corrected chi connectivity index (χ2v) is 5.75. The molecule has 0 aliphatic heterocycles. The van der Waals surface area contributed by atoms with Gasteiger partial charge in [-0.3, -0.25) is 9.59 Å². The average Bonchev–Trinajstić information content (AvgIpc) is 2.89. The van der Waals surface area contributed by atoms with Gasteiger partial charge in [0.15, 0.2) is 0 Å². The van der Waals surface area contributed by atoms with Crippen LogP contribution in [0.3, 0.4) is 0 Å². The predicted octanol–water partition coefficient (Wildman–Crippen LogP) is 3.07. The lowest BCUT2D eigenvalue weighted by Crippen LogP contribution is -2.33. The van der Waals surface area contributed by atoms with E-state index in [1.54, 1.807) is 0 Å². The number of furan rings is 1. The van der Waals surface area contributed by atoms with Crippen molar-refractivity contribution in [1.82, 2.24) is 10.6 Å². The van der Waals surface area contributed by atoms with E-state index in [4.69, 9.17) is 4.42 Å². The van der Waals surface area contributed by atoms with Gasteiger partial charge in [0.25, 0.3) is 0 Å². The summed E-state index contributed by atoms with van der Waals surface area (Å²) in [7, 11) is 0. The van der Waals surface area contributed by atoms with E-state index in [1.807, 2.05) is 26.0 Å². The highest BCUT2D eigenvalue weighted by molar-refractivity contribution is 5.83. The first-order valence-electron chi connectivity index (χ1n) is 8.12. The van der Waals surface area contributed by atoms with Gasteiger partial charge in [0.05, 0.1) is 6.54 Å². The summed E-state index contributed by atoms with van der Waals surface area (Å²) < 4.78 is 5.36. The largest absolute Gasteiger partial charge is 0.465 e. The molecule has 0 saturated carbocycles. The third-order valence-electron chi connectivity index (χ3n) is 3.48. The van der Waals surface area contributed by atoms with E-state index < -0.39 is 0 Å². The molecule has 0 radical (unpaired) electrons. The van der Waals surface area contributed by atoms with Crippen molar-refractivity contribution in [3.63, 3.8) is 0 Å². The van der Waals surface area contributed by atoms with E-state index in [2.05, 4.69) is 17.6 Å². The van der Waals surface area contributed by atoms with Gasteiger partial charge in [-0.15, -0.1) is 0 Å². The molecule has 5 nitrogen and oxygen atoms in total. The number of amides is 2. The Morgan fingerprint density at radius 3 is 2.55 bits per heavy atom. The molecule has 0 fully saturated rings. The zero-order chi connectivity index (χ0) is 16.4. The van der Waals surface area contributed by atoms with Gasteiger partial charge in [-0.25, -0.2) is 0 Å². The lowest BCUT2D eigenvalue weighted by atomic mass is 10.1. The Kier molecular flexibility index (Phi) is 8.33. The van der Waals surface area contributed by atoms with Gasteiger partial charge in [0, 0.05) is 18.9 Å². The van der Waals surface area contributed by atoms with Crippen LogP contribution >= 0.6 is 0 Å². The van der Waals surface area contributed by atoms with Crippen molar-refractivity contribution in [2.75, 3.05) is 0 Å². The molecular weight excluding hydrogens is 280 g/mol. The van der Waals surface area contributed by atoms with E-state index in [9.17, 15) is 9.59 Å². The van der Waals surface area contributed by atoms with Crippen LogP contribution in [0, 0.1) is 6.92 Å². The Labute approximate surface area is 132 Å². The van der Waals surface area contributed by atoms with Crippen molar-refractivity contribution in [2.45, 2.75) is 71.9 Å². The molecule has 124 valence electrons. The van der Waals surface area contributed by atoms with Crippen LogP contribution in [0.1, 0.15) is 63.9 Å². The predicted molar refractivity (Wildman–Crippen MR) is 86.3 cm³/mol. The number of carbonyl (C=O) groups excluding carboxylic acids is 2. The Morgan fingerprint density at radius 2 is 1.91 bits per heavy atom. The SMILES string of the molecule is CCCCC[C@H](C)NC(=O)CCC(=O)NCc1ccc(C)o1. The molecule has 1 aromatic rings. The number of unbranched alkanes of at least 4 members (excludes halogenated alkanes) is 2. The second kappa shape index (κ2) is 10.0. The summed E-state index contributed by atoms with van der Waals surface area (Å²) in [5.74, 6) is 1.34. The quantitative estimate of drug-likeness (QED) is 0.653. The molecule has 0 aromatic carbocycles. The number of nitrogens with one attached hydrogen (secondary N) is 2. The zero-order valence-corrected chi connectivity index (χ0v) is 13.9. The van der Waals surface area contributed by atoms with Gasteiger partial charge in [-0.05, 0) is 32.4 Å². The van der Waals surface area contributed by atoms with Crippen LogP contribution in [0.25, 0.3) is 0 Å². The zero-order valence-electron chi connectivity index (χ0n) is 13.9. The van der Waals surface area contributed by atoms with Gasteiger partial charge in [0.1, 0.15) is 11.5 Å². The summed E-state index contributed by atoms with van der Waals surface area (Å²) in [5.41, 5.74) is 0. The smallest absolute Gasteiger partial charge is 0.220 e. The molecule has 0 spiro atoms. The van der Waals surface area contributed by atoms with Crippen molar-refractivity contribution < 1.29 is 14.0 Å². The number of rotatable bonds is 10. The summed E-state index contributed by atoms with van der Waals surface area (Å²) in [4.78, 5) is 23.5. The maximum Gasteiger partial charge on any atom is 0.220 e. The minimum absolute atomic E-state index is 0.0620. The third-order valence-corrected chi connectivity index (χ3v) is 3.48.